The van der Waals surface area contributed by atoms with Gasteiger partial charge in [0.15, 0.2) is 0 Å². The van der Waals surface area contributed by atoms with Crippen LogP contribution in [0.15, 0.2) is 85.1 Å². The number of pyridine rings is 1. The number of alkyl halides is 6. The molecule has 59 heavy (non-hydrogen) atoms. The quantitative estimate of drug-likeness (QED) is 0.0984. The number of anilines is 2. The van der Waals surface area contributed by atoms with Crippen LogP contribution in [0, 0.1) is 23.5 Å². The predicted octanol–water partition coefficient (Wildman–Crippen LogP) is 7.24. The van der Waals surface area contributed by atoms with Crippen LogP contribution in [-0.4, -0.2) is 52.1 Å². The Bertz CT molecular complexity index is 2540. The molecule has 0 aliphatic carbocycles. The lowest BCUT2D eigenvalue weighted by atomic mass is 9.99. The number of nitrogens with one attached hydrogen (secondary N) is 3. The fourth-order valence-electron chi connectivity index (χ4n) is 6.27. The number of rotatable bonds is 7. The molecule has 3 aromatic carbocycles. The van der Waals surface area contributed by atoms with Crippen LogP contribution < -0.4 is 21.3 Å². The molecule has 0 radical (unpaired) electrons. The molecule has 2 amide bonds. The molecular weight excluding hydrogens is 788 g/mol. The summed E-state index contributed by atoms with van der Waals surface area (Å²) in [6.07, 6.45) is -10.3. The molecule has 3 aromatic heterocycles. The number of carbonyl (C=O) groups excluding carboxylic acids is 2. The number of halogens is 8. The molecule has 304 valence electrons. The second-order valence-corrected chi connectivity index (χ2v) is 13.1. The number of carbonyl (C=O) groups is 2. The highest BCUT2D eigenvalue weighted by Gasteiger charge is 2.39. The van der Waals surface area contributed by atoms with Crippen molar-refractivity contribution in [3.05, 3.63) is 136 Å². The van der Waals surface area contributed by atoms with Gasteiger partial charge in [-0.2, -0.15) is 26.3 Å². The Labute approximate surface area is 330 Å². The van der Waals surface area contributed by atoms with Crippen molar-refractivity contribution >= 4 is 34.2 Å². The van der Waals surface area contributed by atoms with Gasteiger partial charge in [-0.25, -0.2) is 8.78 Å². The summed E-state index contributed by atoms with van der Waals surface area (Å²) in [6, 6.07) is 18.3. The maximum absolute atomic E-state index is 13.9. The summed E-state index contributed by atoms with van der Waals surface area (Å²) in [4.78, 5) is 32.7. The first-order chi connectivity index (χ1) is 28.0. The van der Waals surface area contributed by atoms with Crippen LogP contribution in [-0.2, 0) is 36.5 Å². The van der Waals surface area contributed by atoms with Crippen molar-refractivity contribution < 1.29 is 44.7 Å². The van der Waals surface area contributed by atoms with Gasteiger partial charge < -0.3 is 26.3 Å². The predicted molar refractivity (Wildman–Crippen MR) is 203 cm³/mol. The molecule has 10 nitrogen and oxygen atoms in total. The van der Waals surface area contributed by atoms with Crippen molar-refractivity contribution in [2.75, 3.05) is 30.8 Å². The number of hydrogen-bond donors (Lipinski definition) is 4. The van der Waals surface area contributed by atoms with Crippen molar-refractivity contribution in [1.82, 2.24) is 30.8 Å². The zero-order chi connectivity index (χ0) is 42.5. The van der Waals surface area contributed by atoms with Crippen molar-refractivity contribution in [3.63, 3.8) is 0 Å². The Morgan fingerprint density at radius 3 is 2.29 bits per heavy atom. The number of amides is 2. The van der Waals surface area contributed by atoms with E-state index in [4.69, 9.17) is 5.73 Å². The molecule has 7 rings (SSSR count). The minimum Gasteiger partial charge on any atom is -0.382 e. The molecule has 18 heteroatoms. The Morgan fingerprint density at radius 1 is 0.915 bits per heavy atom. The first kappa shape index (κ1) is 41.8. The molecule has 0 saturated carbocycles. The van der Waals surface area contributed by atoms with E-state index in [1.54, 1.807) is 0 Å². The summed E-state index contributed by atoms with van der Waals surface area (Å²) in [5.74, 6) is 3.12. The molecule has 0 atom stereocenters. The molecule has 0 bridgehead atoms. The number of hydrogen-bond acceptors (Lipinski definition) is 7. The Balaban J connectivity index is 0.000000211. The number of nitrogens with two attached hydrogens (primary N) is 1. The van der Waals surface area contributed by atoms with Gasteiger partial charge in [0.25, 0.3) is 5.91 Å². The summed E-state index contributed by atoms with van der Waals surface area (Å²) in [5, 5.41) is 14.1. The molecule has 0 spiro atoms. The maximum Gasteiger partial charge on any atom is 0.418 e. The highest BCUT2D eigenvalue weighted by molar-refractivity contribution is 6.10. The standard InChI is InChI=1S/C22H14F7N5O.C19H18FN3O/c23-14-3-6-16(7-4-14)34(9-1-2-15-5-8-19(30)33-32-15)20(35)11-18-17(22(27,28)29)10-13(12-31-18)21(24,25)26;1-21-10-11-2-4-12(5-3-11)18-14-6-7-22-19(24)15-8-13(20)9-16(23-18)17(14)15/h3-8,10,12H,9,11H2,(H2,30,33);2-5,8-9,21,23H,6-7,10H2,1H3,(H,22,24). The number of benzene rings is 3. The molecule has 4 heterocycles. The van der Waals surface area contributed by atoms with E-state index in [1.165, 1.54) is 42.0 Å². The smallest absolute Gasteiger partial charge is 0.382 e. The van der Waals surface area contributed by atoms with Gasteiger partial charge in [0.05, 0.1) is 35.3 Å². The number of H-pyrrole nitrogens is 1. The lowest BCUT2D eigenvalue weighted by molar-refractivity contribution is -0.144. The van der Waals surface area contributed by atoms with Crippen LogP contribution in [0.1, 0.15) is 44.0 Å². The van der Waals surface area contributed by atoms with E-state index in [0.717, 1.165) is 52.2 Å². The topological polar surface area (TPSA) is 142 Å². The third-order valence-corrected chi connectivity index (χ3v) is 8.99. The fraction of sp³-hybridized carbons (Fsp3) is 0.195. The molecule has 6 aromatic rings. The van der Waals surface area contributed by atoms with E-state index >= 15 is 0 Å². The molecule has 5 N–H and O–H groups in total. The van der Waals surface area contributed by atoms with Gasteiger partial charge in [-0.3, -0.25) is 14.6 Å². The first-order valence-electron chi connectivity index (χ1n) is 17.7. The monoisotopic (exact) mass is 820 g/mol. The second-order valence-electron chi connectivity index (χ2n) is 13.1. The fourth-order valence-corrected chi connectivity index (χ4v) is 6.27. The number of aromatic amines is 1. The van der Waals surface area contributed by atoms with E-state index in [9.17, 15) is 44.7 Å². The summed E-state index contributed by atoms with van der Waals surface area (Å²) in [6.45, 7) is 0.999. The minimum absolute atomic E-state index is 0.0922. The molecule has 1 aliphatic heterocycles. The van der Waals surface area contributed by atoms with E-state index < -0.39 is 53.1 Å². The maximum atomic E-state index is 13.9. The lowest BCUT2D eigenvalue weighted by Gasteiger charge is -2.21. The molecular formula is C41H32F8N8O2. The van der Waals surface area contributed by atoms with Crippen molar-refractivity contribution in [2.45, 2.75) is 31.7 Å². The van der Waals surface area contributed by atoms with Gasteiger partial charge in [0, 0.05) is 41.6 Å². The van der Waals surface area contributed by atoms with Gasteiger partial charge in [0.1, 0.15) is 23.1 Å². The Morgan fingerprint density at radius 2 is 1.64 bits per heavy atom. The second kappa shape index (κ2) is 17.3. The summed E-state index contributed by atoms with van der Waals surface area (Å²) < 4.78 is 106. The van der Waals surface area contributed by atoms with E-state index in [1.807, 2.05) is 7.05 Å². The van der Waals surface area contributed by atoms with Gasteiger partial charge >= 0.3 is 12.4 Å². The molecule has 0 fully saturated rings. The number of nitrogens with zero attached hydrogens (tertiary/aromatic N) is 4. The first-order valence-corrected chi connectivity index (χ1v) is 17.7. The third kappa shape index (κ3) is 9.99. The van der Waals surface area contributed by atoms with Crippen molar-refractivity contribution in [3.8, 4) is 23.1 Å². The Hall–Kier alpha value is -6.87. The molecule has 0 saturated heterocycles. The van der Waals surface area contributed by atoms with Crippen molar-refractivity contribution in [1.29, 1.82) is 0 Å². The lowest BCUT2D eigenvalue weighted by Crippen LogP contribution is -2.33. The zero-order valence-electron chi connectivity index (χ0n) is 30.8. The van der Waals surface area contributed by atoms with E-state index in [0.29, 0.717) is 17.6 Å². The average molecular weight is 821 g/mol. The van der Waals surface area contributed by atoms with Crippen LogP contribution >= 0.6 is 0 Å². The van der Waals surface area contributed by atoms with Crippen LogP contribution in [0.5, 0.6) is 0 Å². The van der Waals surface area contributed by atoms with Gasteiger partial charge in [-0.1, -0.05) is 30.2 Å². The summed E-state index contributed by atoms with van der Waals surface area (Å²) in [7, 11) is 1.92. The highest BCUT2D eigenvalue weighted by atomic mass is 19.4. The normalized spacial score (nSPS) is 12.5. The SMILES string of the molecule is CNCc1ccc(-c2[nH]c3cc(F)cc4c3c2CCNC4=O)cc1.Nc1ccc(C#CCN(C(=O)Cc2ncc(C(F)(F)F)cc2C(F)(F)F)c2ccc(F)cc2)nn1. The van der Waals surface area contributed by atoms with Crippen molar-refractivity contribution in [2.24, 2.45) is 0 Å². The van der Waals surface area contributed by atoms with E-state index in [-0.39, 0.29) is 41.9 Å². The molecule has 1 aliphatic rings. The van der Waals surface area contributed by atoms with Gasteiger partial charge in [-0.15, -0.1) is 10.2 Å². The zero-order valence-corrected chi connectivity index (χ0v) is 30.8. The number of nitrogen functional groups attached to an aromatic ring is 1. The minimum atomic E-state index is -5.20. The van der Waals surface area contributed by atoms with Gasteiger partial charge in [0.2, 0.25) is 5.91 Å². The number of aromatic nitrogens is 4. The highest BCUT2D eigenvalue weighted by Crippen LogP contribution is 2.37. The van der Waals surface area contributed by atoms with Crippen LogP contribution in [0.4, 0.5) is 46.6 Å². The van der Waals surface area contributed by atoms with Crippen LogP contribution in [0.3, 0.4) is 0 Å². The average Bonchev–Trinajstić information content (AvgIpc) is 3.46. The summed E-state index contributed by atoms with van der Waals surface area (Å²) >= 11 is 0. The summed E-state index contributed by atoms with van der Waals surface area (Å²) in [5.41, 5.74) is 6.87. The Kier molecular flexibility index (Phi) is 12.3. The molecule has 0 unspecified atom stereocenters. The third-order valence-electron chi connectivity index (χ3n) is 8.99. The van der Waals surface area contributed by atoms with E-state index in [2.05, 4.69) is 66.9 Å². The van der Waals surface area contributed by atoms with Gasteiger partial charge in [-0.05, 0) is 90.7 Å². The largest absolute Gasteiger partial charge is 0.418 e. The van der Waals surface area contributed by atoms with Crippen LogP contribution in [0.25, 0.3) is 22.2 Å². The van der Waals surface area contributed by atoms with Crippen LogP contribution in [0.2, 0.25) is 0 Å².